The zero-order chi connectivity index (χ0) is 16.6. The van der Waals surface area contributed by atoms with Gasteiger partial charge in [-0.25, -0.2) is 8.42 Å². The number of rotatable bonds is 3. The molecule has 0 saturated carbocycles. The molecular weight excluding hydrogens is 382 g/mol. The third-order valence-electron chi connectivity index (χ3n) is 3.74. The average molecular weight is 398 g/mol. The van der Waals surface area contributed by atoms with Crippen molar-refractivity contribution in [2.24, 2.45) is 0 Å². The molecule has 1 N–H and O–H groups in total. The highest BCUT2D eigenvalue weighted by Gasteiger charge is 2.23. The van der Waals surface area contributed by atoms with Crippen molar-refractivity contribution in [3.63, 3.8) is 0 Å². The minimum atomic E-state index is -3.75. The summed E-state index contributed by atoms with van der Waals surface area (Å²) in [4.78, 5) is 0.114. The second-order valence-corrected chi connectivity index (χ2v) is 7.78. The van der Waals surface area contributed by atoms with Crippen LogP contribution >= 0.6 is 15.9 Å². The highest BCUT2D eigenvalue weighted by molar-refractivity contribution is 9.10. The van der Waals surface area contributed by atoms with Crippen LogP contribution in [0.1, 0.15) is 11.1 Å². The first kappa shape index (κ1) is 16.1. The molecule has 23 heavy (non-hydrogen) atoms. The van der Waals surface area contributed by atoms with E-state index in [0.717, 1.165) is 11.1 Å². The largest absolute Gasteiger partial charge is 0.486 e. The van der Waals surface area contributed by atoms with Gasteiger partial charge in [0.2, 0.25) is 0 Å². The van der Waals surface area contributed by atoms with Crippen LogP contribution in [0.5, 0.6) is 11.5 Å². The first-order valence-corrected chi connectivity index (χ1v) is 9.34. The molecule has 122 valence electrons. The fraction of sp³-hybridized carbons (Fsp3) is 0.250. The van der Waals surface area contributed by atoms with Crippen LogP contribution in [0.25, 0.3) is 0 Å². The van der Waals surface area contributed by atoms with Crippen LogP contribution in [0.4, 0.5) is 5.69 Å². The molecule has 2 aromatic carbocycles. The molecule has 0 bridgehead atoms. The lowest BCUT2D eigenvalue weighted by Crippen LogP contribution is -2.18. The van der Waals surface area contributed by atoms with E-state index in [1.807, 2.05) is 26.0 Å². The molecule has 7 heteroatoms. The van der Waals surface area contributed by atoms with E-state index in [-0.39, 0.29) is 4.90 Å². The zero-order valence-electron chi connectivity index (χ0n) is 12.7. The van der Waals surface area contributed by atoms with Gasteiger partial charge in [0.15, 0.2) is 11.5 Å². The van der Waals surface area contributed by atoms with Crippen LogP contribution < -0.4 is 14.2 Å². The van der Waals surface area contributed by atoms with Gasteiger partial charge in [-0.2, -0.15) is 0 Å². The minimum absolute atomic E-state index is 0.114. The lowest BCUT2D eigenvalue weighted by Gasteiger charge is -2.20. The first-order chi connectivity index (χ1) is 10.9. The Hall–Kier alpha value is -1.73. The number of ether oxygens (including phenoxy) is 2. The standard InChI is InChI=1S/C16H16BrNO4S/c1-10-4-3-5-13(11(10)2)18-23(19,20)16-9-15-14(8-12(16)17)21-6-7-22-15/h3-5,8-9,18H,6-7H2,1-2H3. The van der Waals surface area contributed by atoms with Crippen molar-refractivity contribution >= 4 is 31.6 Å². The molecule has 1 heterocycles. The molecule has 0 radical (unpaired) electrons. The number of aryl methyl sites for hydroxylation is 1. The SMILES string of the molecule is Cc1cccc(NS(=O)(=O)c2cc3c(cc2Br)OCCO3)c1C. The molecule has 2 aromatic rings. The van der Waals surface area contributed by atoms with E-state index in [0.29, 0.717) is 34.9 Å². The Labute approximate surface area is 143 Å². The van der Waals surface area contributed by atoms with Crippen molar-refractivity contribution in [1.29, 1.82) is 0 Å². The van der Waals surface area contributed by atoms with Gasteiger partial charge in [0.25, 0.3) is 10.0 Å². The molecule has 0 atom stereocenters. The summed E-state index contributed by atoms with van der Waals surface area (Å²) in [5, 5.41) is 0. The molecular formula is C16H16BrNO4S. The Bertz CT molecular complexity index is 865. The Balaban J connectivity index is 2.01. The molecule has 0 fully saturated rings. The van der Waals surface area contributed by atoms with E-state index in [1.165, 1.54) is 6.07 Å². The van der Waals surface area contributed by atoms with Crippen LogP contribution in [0.3, 0.4) is 0 Å². The van der Waals surface area contributed by atoms with E-state index in [4.69, 9.17) is 9.47 Å². The van der Waals surface area contributed by atoms with Gasteiger partial charge in [-0.15, -0.1) is 0 Å². The highest BCUT2D eigenvalue weighted by atomic mass is 79.9. The summed E-state index contributed by atoms with van der Waals surface area (Å²) < 4.78 is 39.5. The third kappa shape index (κ3) is 3.16. The molecule has 0 aromatic heterocycles. The first-order valence-electron chi connectivity index (χ1n) is 7.06. The highest BCUT2D eigenvalue weighted by Crippen LogP contribution is 2.38. The maximum atomic E-state index is 12.7. The van der Waals surface area contributed by atoms with E-state index >= 15 is 0 Å². The third-order valence-corrected chi connectivity index (χ3v) is 6.06. The summed E-state index contributed by atoms with van der Waals surface area (Å²) in [6.07, 6.45) is 0. The van der Waals surface area contributed by atoms with E-state index in [1.54, 1.807) is 12.1 Å². The number of benzene rings is 2. The van der Waals surface area contributed by atoms with Crippen molar-refractivity contribution in [2.75, 3.05) is 17.9 Å². The number of hydrogen-bond donors (Lipinski definition) is 1. The summed E-state index contributed by atoms with van der Waals surface area (Å²) >= 11 is 3.30. The molecule has 0 unspecified atom stereocenters. The lowest BCUT2D eigenvalue weighted by atomic mass is 10.1. The monoisotopic (exact) mass is 397 g/mol. The smallest absolute Gasteiger partial charge is 0.263 e. The van der Waals surface area contributed by atoms with Crippen molar-refractivity contribution in [3.05, 3.63) is 45.9 Å². The number of halogens is 1. The van der Waals surface area contributed by atoms with Gasteiger partial charge in [-0.1, -0.05) is 12.1 Å². The van der Waals surface area contributed by atoms with Crippen molar-refractivity contribution in [1.82, 2.24) is 0 Å². The fourth-order valence-corrected chi connectivity index (χ4v) is 4.47. The van der Waals surface area contributed by atoms with Crippen LogP contribution in [0, 0.1) is 13.8 Å². The van der Waals surface area contributed by atoms with Crippen molar-refractivity contribution < 1.29 is 17.9 Å². The van der Waals surface area contributed by atoms with E-state index in [9.17, 15) is 8.42 Å². The van der Waals surface area contributed by atoms with Gasteiger partial charge < -0.3 is 9.47 Å². The second kappa shape index (κ2) is 6.05. The Morgan fingerprint density at radius 3 is 2.43 bits per heavy atom. The lowest BCUT2D eigenvalue weighted by molar-refractivity contribution is 0.171. The molecule has 0 amide bonds. The minimum Gasteiger partial charge on any atom is -0.486 e. The Morgan fingerprint density at radius 1 is 1.09 bits per heavy atom. The van der Waals surface area contributed by atoms with Gasteiger partial charge in [0, 0.05) is 10.5 Å². The maximum absolute atomic E-state index is 12.7. The predicted octanol–water partition coefficient (Wildman–Crippen LogP) is 3.64. The molecule has 1 aliphatic rings. The van der Waals surface area contributed by atoms with E-state index < -0.39 is 10.0 Å². The quantitative estimate of drug-likeness (QED) is 0.858. The van der Waals surface area contributed by atoms with Crippen molar-refractivity contribution in [3.8, 4) is 11.5 Å². The van der Waals surface area contributed by atoms with Gasteiger partial charge in [0.05, 0.1) is 5.69 Å². The summed E-state index contributed by atoms with van der Waals surface area (Å²) in [5.74, 6) is 0.967. The predicted molar refractivity (Wildman–Crippen MR) is 91.9 cm³/mol. The molecule has 0 aliphatic carbocycles. The molecule has 0 saturated heterocycles. The summed E-state index contributed by atoms with van der Waals surface area (Å²) in [5.41, 5.74) is 2.47. The van der Waals surface area contributed by atoms with Gasteiger partial charge in [-0.3, -0.25) is 4.72 Å². The Morgan fingerprint density at radius 2 is 1.74 bits per heavy atom. The molecule has 5 nitrogen and oxygen atoms in total. The topological polar surface area (TPSA) is 64.6 Å². The summed E-state index contributed by atoms with van der Waals surface area (Å²) in [7, 11) is -3.75. The summed E-state index contributed by atoms with van der Waals surface area (Å²) in [6.45, 7) is 4.67. The summed E-state index contributed by atoms with van der Waals surface area (Å²) in [6, 6.07) is 8.59. The van der Waals surface area contributed by atoms with Crippen LogP contribution in [-0.4, -0.2) is 21.6 Å². The van der Waals surface area contributed by atoms with Gasteiger partial charge >= 0.3 is 0 Å². The van der Waals surface area contributed by atoms with Gasteiger partial charge in [-0.05, 0) is 53.0 Å². The maximum Gasteiger partial charge on any atom is 0.263 e. The normalized spacial score (nSPS) is 13.7. The van der Waals surface area contributed by atoms with Gasteiger partial charge in [0.1, 0.15) is 18.1 Å². The number of sulfonamides is 1. The van der Waals surface area contributed by atoms with Crippen molar-refractivity contribution in [2.45, 2.75) is 18.7 Å². The van der Waals surface area contributed by atoms with E-state index in [2.05, 4.69) is 20.7 Å². The number of hydrogen-bond acceptors (Lipinski definition) is 4. The van der Waals surface area contributed by atoms with Crippen LogP contribution in [0.2, 0.25) is 0 Å². The Kier molecular flexibility index (Phi) is 4.25. The number of fused-ring (bicyclic) bond motifs is 1. The zero-order valence-corrected chi connectivity index (χ0v) is 15.1. The number of anilines is 1. The van der Waals surface area contributed by atoms with Crippen LogP contribution in [0.15, 0.2) is 39.7 Å². The fourth-order valence-electron chi connectivity index (χ4n) is 2.31. The number of nitrogens with one attached hydrogen (secondary N) is 1. The van der Waals surface area contributed by atoms with Crippen LogP contribution in [-0.2, 0) is 10.0 Å². The molecule has 1 aliphatic heterocycles. The average Bonchev–Trinajstić information content (AvgIpc) is 2.51. The molecule has 3 rings (SSSR count). The second-order valence-electron chi connectivity index (χ2n) is 5.28. The molecule has 0 spiro atoms.